The van der Waals surface area contributed by atoms with Crippen molar-refractivity contribution >= 4 is 37.9 Å². The van der Waals surface area contributed by atoms with E-state index in [0.717, 1.165) is 17.7 Å². The first-order valence-corrected chi connectivity index (χ1v) is 6.79. The largest absolute Gasteiger partial charge is 0.382 e. The second-order valence-electron chi connectivity index (χ2n) is 3.58. The van der Waals surface area contributed by atoms with Gasteiger partial charge in [0, 0.05) is 15.0 Å². The van der Waals surface area contributed by atoms with Gasteiger partial charge >= 0.3 is 0 Å². The average Bonchev–Trinajstić information content (AvgIpc) is 2.89. The monoisotopic (exact) mass is 249 g/mol. The molecule has 0 unspecified atom stereocenters. The van der Waals surface area contributed by atoms with Gasteiger partial charge in [-0.3, -0.25) is 5.10 Å². The molecule has 0 saturated heterocycles. The third-order valence-corrected chi connectivity index (χ3v) is 4.75. The van der Waals surface area contributed by atoms with Crippen molar-refractivity contribution in [3.05, 3.63) is 23.1 Å². The number of rotatable bonds is 2. The SMILES string of the molecule is CCc1c(N)n[nH]c1-c1cc2sccc2s1. The van der Waals surface area contributed by atoms with Crippen LogP contribution in [-0.4, -0.2) is 10.2 Å². The van der Waals surface area contributed by atoms with Crippen LogP contribution in [0.5, 0.6) is 0 Å². The van der Waals surface area contributed by atoms with Crippen LogP contribution in [0, 0.1) is 0 Å². The van der Waals surface area contributed by atoms with Crippen molar-refractivity contribution in [2.75, 3.05) is 5.73 Å². The molecule has 0 amide bonds. The Hall–Kier alpha value is -1.33. The Morgan fingerprint density at radius 2 is 2.31 bits per heavy atom. The summed E-state index contributed by atoms with van der Waals surface area (Å²) in [5.41, 5.74) is 8.02. The summed E-state index contributed by atoms with van der Waals surface area (Å²) in [5.74, 6) is 0.620. The molecular weight excluding hydrogens is 238 g/mol. The number of hydrogen-bond donors (Lipinski definition) is 2. The predicted octanol–water partition coefficient (Wildman–Crippen LogP) is 3.50. The van der Waals surface area contributed by atoms with Crippen molar-refractivity contribution in [2.45, 2.75) is 13.3 Å². The number of hydrogen-bond acceptors (Lipinski definition) is 4. The van der Waals surface area contributed by atoms with Crippen LogP contribution in [0.25, 0.3) is 20.0 Å². The Morgan fingerprint density at radius 1 is 1.44 bits per heavy atom. The van der Waals surface area contributed by atoms with Crippen molar-refractivity contribution in [2.24, 2.45) is 0 Å². The number of aromatic nitrogens is 2. The average molecular weight is 249 g/mol. The van der Waals surface area contributed by atoms with E-state index in [0.29, 0.717) is 5.82 Å². The van der Waals surface area contributed by atoms with E-state index in [4.69, 9.17) is 5.73 Å². The Balaban J connectivity index is 2.18. The summed E-state index contributed by atoms with van der Waals surface area (Å²) < 4.78 is 2.66. The van der Waals surface area contributed by atoms with Crippen molar-refractivity contribution < 1.29 is 0 Å². The van der Waals surface area contributed by atoms with E-state index < -0.39 is 0 Å². The van der Waals surface area contributed by atoms with Gasteiger partial charge in [-0.05, 0) is 23.9 Å². The van der Waals surface area contributed by atoms with Crippen LogP contribution < -0.4 is 5.73 Å². The normalized spacial score (nSPS) is 11.3. The zero-order valence-electron chi connectivity index (χ0n) is 8.78. The lowest BCUT2D eigenvalue weighted by Crippen LogP contribution is -1.90. The van der Waals surface area contributed by atoms with Gasteiger partial charge in [-0.2, -0.15) is 5.10 Å². The fourth-order valence-electron chi connectivity index (χ4n) is 1.83. The summed E-state index contributed by atoms with van der Waals surface area (Å²) in [5, 5.41) is 9.23. The summed E-state index contributed by atoms with van der Waals surface area (Å²) in [7, 11) is 0. The van der Waals surface area contributed by atoms with E-state index in [9.17, 15) is 0 Å². The summed E-state index contributed by atoms with van der Waals surface area (Å²) in [6, 6.07) is 4.36. The van der Waals surface area contributed by atoms with Crippen LogP contribution >= 0.6 is 22.7 Å². The molecule has 0 spiro atoms. The molecule has 3 aromatic heterocycles. The highest BCUT2D eigenvalue weighted by atomic mass is 32.1. The van der Waals surface area contributed by atoms with Gasteiger partial charge in [0.15, 0.2) is 0 Å². The Bertz CT molecular complexity index is 604. The van der Waals surface area contributed by atoms with E-state index >= 15 is 0 Å². The minimum Gasteiger partial charge on any atom is -0.382 e. The maximum atomic E-state index is 5.82. The second-order valence-corrected chi connectivity index (χ2v) is 5.61. The van der Waals surface area contributed by atoms with Gasteiger partial charge in [-0.25, -0.2) is 0 Å². The minimum absolute atomic E-state index is 0.620. The van der Waals surface area contributed by atoms with Crippen LogP contribution in [0.4, 0.5) is 5.82 Å². The highest BCUT2D eigenvalue weighted by molar-refractivity contribution is 7.28. The highest BCUT2D eigenvalue weighted by Gasteiger charge is 2.13. The van der Waals surface area contributed by atoms with Crippen LogP contribution in [0.2, 0.25) is 0 Å². The number of anilines is 1. The smallest absolute Gasteiger partial charge is 0.149 e. The number of fused-ring (bicyclic) bond motifs is 1. The van der Waals surface area contributed by atoms with Gasteiger partial charge < -0.3 is 5.73 Å². The fourth-order valence-corrected chi connectivity index (χ4v) is 3.96. The molecule has 82 valence electrons. The molecule has 3 aromatic rings. The van der Waals surface area contributed by atoms with E-state index in [-0.39, 0.29) is 0 Å². The molecule has 3 nitrogen and oxygen atoms in total. The molecule has 0 aromatic carbocycles. The molecule has 0 saturated carbocycles. The van der Waals surface area contributed by atoms with Gasteiger partial charge in [0.25, 0.3) is 0 Å². The van der Waals surface area contributed by atoms with Gasteiger partial charge in [-0.15, -0.1) is 22.7 Å². The number of nitrogens with zero attached hydrogens (tertiary/aromatic N) is 1. The Morgan fingerprint density at radius 3 is 3.06 bits per heavy atom. The number of nitrogen functional groups attached to an aromatic ring is 1. The standard InChI is InChI=1S/C11H11N3S2/c1-2-6-10(13-14-11(6)12)9-5-8-7(16-9)3-4-15-8/h3-5H,2H2,1H3,(H3,12,13,14). The first kappa shape index (κ1) is 9.86. The van der Waals surface area contributed by atoms with Crippen molar-refractivity contribution in [1.82, 2.24) is 10.2 Å². The molecule has 5 heteroatoms. The summed E-state index contributed by atoms with van der Waals surface area (Å²) in [6.07, 6.45) is 0.906. The van der Waals surface area contributed by atoms with E-state index in [1.807, 2.05) is 0 Å². The number of nitrogens with two attached hydrogens (primary N) is 1. The number of H-pyrrole nitrogens is 1. The molecular formula is C11H11N3S2. The van der Waals surface area contributed by atoms with Gasteiger partial charge in [0.1, 0.15) is 5.82 Å². The Labute approximate surface area is 101 Å². The lowest BCUT2D eigenvalue weighted by atomic mass is 10.1. The summed E-state index contributed by atoms with van der Waals surface area (Å²) in [6.45, 7) is 2.10. The molecule has 0 fully saturated rings. The first-order chi connectivity index (χ1) is 7.79. The van der Waals surface area contributed by atoms with Gasteiger partial charge in [0.05, 0.1) is 10.6 Å². The predicted molar refractivity (Wildman–Crippen MR) is 71.1 cm³/mol. The third kappa shape index (κ3) is 1.36. The van der Waals surface area contributed by atoms with Crippen LogP contribution in [0.15, 0.2) is 17.5 Å². The molecule has 0 atom stereocenters. The maximum absolute atomic E-state index is 5.82. The van der Waals surface area contributed by atoms with Crippen molar-refractivity contribution in [1.29, 1.82) is 0 Å². The lowest BCUT2D eigenvalue weighted by Gasteiger charge is -1.96. The molecule has 0 bridgehead atoms. The zero-order chi connectivity index (χ0) is 11.1. The lowest BCUT2D eigenvalue weighted by molar-refractivity contribution is 1.11. The van der Waals surface area contributed by atoms with E-state index in [1.165, 1.54) is 14.3 Å². The van der Waals surface area contributed by atoms with Crippen LogP contribution in [0.1, 0.15) is 12.5 Å². The Kier molecular flexibility index (Phi) is 2.22. The number of aromatic amines is 1. The fraction of sp³-hybridized carbons (Fsp3) is 0.182. The minimum atomic E-state index is 0.620. The van der Waals surface area contributed by atoms with Crippen LogP contribution in [-0.2, 0) is 6.42 Å². The molecule has 3 rings (SSSR count). The topological polar surface area (TPSA) is 54.7 Å². The molecule has 0 aliphatic rings. The first-order valence-electron chi connectivity index (χ1n) is 5.09. The van der Waals surface area contributed by atoms with Crippen molar-refractivity contribution in [3.63, 3.8) is 0 Å². The molecule has 3 N–H and O–H groups in total. The zero-order valence-corrected chi connectivity index (χ0v) is 10.4. The van der Waals surface area contributed by atoms with Gasteiger partial charge in [0.2, 0.25) is 0 Å². The van der Waals surface area contributed by atoms with Crippen LogP contribution in [0.3, 0.4) is 0 Å². The van der Waals surface area contributed by atoms with Crippen molar-refractivity contribution in [3.8, 4) is 10.6 Å². The number of nitrogens with one attached hydrogen (secondary N) is 1. The molecule has 0 radical (unpaired) electrons. The second kappa shape index (κ2) is 3.61. The molecule has 0 aliphatic carbocycles. The number of thiophene rings is 2. The third-order valence-electron chi connectivity index (χ3n) is 2.64. The molecule has 3 heterocycles. The maximum Gasteiger partial charge on any atom is 0.149 e. The van der Waals surface area contributed by atoms with Gasteiger partial charge in [-0.1, -0.05) is 6.92 Å². The summed E-state index contributed by atoms with van der Waals surface area (Å²) in [4.78, 5) is 1.22. The molecule has 0 aliphatic heterocycles. The van der Waals surface area contributed by atoms with E-state index in [1.54, 1.807) is 22.7 Å². The quantitative estimate of drug-likeness (QED) is 0.730. The summed E-state index contributed by atoms with van der Waals surface area (Å²) >= 11 is 3.55. The van der Waals surface area contributed by atoms with E-state index in [2.05, 4.69) is 34.6 Å². The molecule has 16 heavy (non-hydrogen) atoms. The highest BCUT2D eigenvalue weighted by Crippen LogP contribution is 2.37.